The highest BCUT2D eigenvalue weighted by molar-refractivity contribution is 6.16. The fourth-order valence-corrected chi connectivity index (χ4v) is 4.48. The first-order valence-electron chi connectivity index (χ1n) is 7.41. The zero-order chi connectivity index (χ0) is 13.7. The normalized spacial score (nSPS) is 28.4. The van der Waals surface area contributed by atoms with E-state index in [1.165, 1.54) is 31.2 Å². The highest BCUT2D eigenvalue weighted by Gasteiger charge is 2.41. The molecule has 2 bridgehead atoms. The highest BCUT2D eigenvalue weighted by Crippen LogP contribution is 2.52. The topological polar surface area (TPSA) is 27.1 Å². The monoisotopic (exact) mass is 290 g/mol. The molecule has 2 saturated carbocycles. The third kappa shape index (κ3) is 1.69. The smallest absolute Gasteiger partial charge is 0.146 e. The van der Waals surface area contributed by atoms with Gasteiger partial charge in [-0.25, -0.2) is 4.98 Å². The van der Waals surface area contributed by atoms with E-state index < -0.39 is 0 Å². The number of halogens is 1. The Bertz CT molecular complexity index is 651. The molecule has 1 heterocycles. The average molecular weight is 291 g/mol. The first kappa shape index (κ1) is 12.5. The Kier molecular flexibility index (Phi) is 2.92. The van der Waals surface area contributed by atoms with E-state index in [4.69, 9.17) is 21.3 Å². The molecule has 3 nitrogen and oxygen atoms in total. The summed E-state index contributed by atoms with van der Waals surface area (Å²) in [6.45, 7) is 0. The quantitative estimate of drug-likeness (QED) is 0.794. The third-order valence-corrected chi connectivity index (χ3v) is 5.37. The minimum Gasteiger partial charge on any atom is -0.494 e. The van der Waals surface area contributed by atoms with E-state index in [0.29, 0.717) is 11.9 Å². The van der Waals surface area contributed by atoms with Crippen molar-refractivity contribution in [3.05, 3.63) is 24.0 Å². The van der Waals surface area contributed by atoms with Crippen LogP contribution in [-0.2, 0) is 5.88 Å². The predicted molar refractivity (Wildman–Crippen MR) is 80.3 cm³/mol. The fraction of sp³-hybridized carbons (Fsp3) is 0.562. The first-order valence-corrected chi connectivity index (χ1v) is 7.95. The van der Waals surface area contributed by atoms with Gasteiger partial charge in [-0.1, -0.05) is 12.5 Å². The molecule has 2 aliphatic carbocycles. The minimum atomic E-state index is 0.464. The number of nitrogens with zero attached hydrogens (tertiary/aromatic N) is 2. The number of imidazole rings is 1. The number of para-hydroxylation sites is 1. The molecule has 4 heteroatoms. The summed E-state index contributed by atoms with van der Waals surface area (Å²) in [5.41, 5.74) is 2.13. The summed E-state index contributed by atoms with van der Waals surface area (Å²) in [6.07, 6.45) is 5.45. The van der Waals surface area contributed by atoms with Crippen LogP contribution in [0.15, 0.2) is 18.2 Å². The van der Waals surface area contributed by atoms with Crippen molar-refractivity contribution in [3.63, 3.8) is 0 Å². The summed E-state index contributed by atoms with van der Waals surface area (Å²) in [5.74, 6) is 4.02. The first-order chi connectivity index (χ1) is 9.81. The molecule has 2 aromatic rings. The van der Waals surface area contributed by atoms with Gasteiger partial charge >= 0.3 is 0 Å². The van der Waals surface area contributed by atoms with Crippen LogP contribution >= 0.6 is 11.6 Å². The van der Waals surface area contributed by atoms with Crippen LogP contribution in [0.25, 0.3) is 11.0 Å². The summed E-state index contributed by atoms with van der Waals surface area (Å²) in [5, 5.41) is 0. The van der Waals surface area contributed by atoms with Crippen molar-refractivity contribution in [2.45, 2.75) is 37.6 Å². The lowest BCUT2D eigenvalue weighted by Crippen LogP contribution is -2.18. The number of fused-ring (bicyclic) bond motifs is 3. The van der Waals surface area contributed by atoms with E-state index in [0.717, 1.165) is 28.9 Å². The summed E-state index contributed by atoms with van der Waals surface area (Å²) in [7, 11) is 1.70. The molecule has 0 radical (unpaired) electrons. The largest absolute Gasteiger partial charge is 0.494 e. The second kappa shape index (κ2) is 4.66. The Labute approximate surface area is 123 Å². The van der Waals surface area contributed by atoms with Gasteiger partial charge in [-0.15, -0.1) is 11.6 Å². The van der Waals surface area contributed by atoms with Crippen molar-refractivity contribution in [1.82, 2.24) is 9.55 Å². The Morgan fingerprint density at radius 2 is 2.25 bits per heavy atom. The van der Waals surface area contributed by atoms with E-state index in [-0.39, 0.29) is 0 Å². The molecule has 1 aromatic carbocycles. The Hall–Kier alpha value is -1.22. The maximum absolute atomic E-state index is 6.16. The lowest BCUT2D eigenvalue weighted by Gasteiger charge is -2.25. The van der Waals surface area contributed by atoms with Crippen LogP contribution in [0.2, 0.25) is 0 Å². The fourth-order valence-electron chi connectivity index (χ4n) is 4.30. The van der Waals surface area contributed by atoms with Crippen LogP contribution in [0, 0.1) is 11.8 Å². The summed E-state index contributed by atoms with van der Waals surface area (Å²) in [4.78, 5) is 4.74. The second-order valence-electron chi connectivity index (χ2n) is 6.10. The molecule has 106 valence electrons. The molecule has 0 spiro atoms. The van der Waals surface area contributed by atoms with E-state index >= 15 is 0 Å². The molecule has 0 amide bonds. The molecule has 2 fully saturated rings. The van der Waals surface area contributed by atoms with Crippen molar-refractivity contribution in [2.24, 2.45) is 11.8 Å². The summed E-state index contributed by atoms with van der Waals surface area (Å²) >= 11 is 6.16. The van der Waals surface area contributed by atoms with Crippen LogP contribution in [0.3, 0.4) is 0 Å². The van der Waals surface area contributed by atoms with Gasteiger partial charge in [0.05, 0.1) is 18.5 Å². The number of hydrogen-bond acceptors (Lipinski definition) is 2. The highest BCUT2D eigenvalue weighted by atomic mass is 35.5. The van der Waals surface area contributed by atoms with Crippen LogP contribution in [0.5, 0.6) is 5.75 Å². The Balaban J connectivity index is 1.89. The Morgan fingerprint density at radius 1 is 1.35 bits per heavy atom. The van der Waals surface area contributed by atoms with Gasteiger partial charge < -0.3 is 9.30 Å². The molecule has 20 heavy (non-hydrogen) atoms. The van der Waals surface area contributed by atoms with Gasteiger partial charge in [0.25, 0.3) is 0 Å². The zero-order valence-electron chi connectivity index (χ0n) is 11.7. The minimum absolute atomic E-state index is 0.464. The van der Waals surface area contributed by atoms with Gasteiger partial charge in [0.1, 0.15) is 17.1 Å². The van der Waals surface area contributed by atoms with Crippen molar-refractivity contribution in [1.29, 1.82) is 0 Å². The molecular weight excluding hydrogens is 272 g/mol. The lowest BCUT2D eigenvalue weighted by molar-refractivity contribution is 0.331. The SMILES string of the molecule is COc1cccc2c1nc(CCl)n2C1CC2CCC1C2. The average Bonchev–Trinajstić information content (AvgIpc) is 3.18. The number of alkyl halides is 1. The van der Waals surface area contributed by atoms with Gasteiger partial charge in [0.2, 0.25) is 0 Å². The molecule has 1 aromatic heterocycles. The number of hydrogen-bond donors (Lipinski definition) is 0. The number of ether oxygens (including phenoxy) is 1. The molecular formula is C16H19ClN2O. The molecule has 3 unspecified atom stereocenters. The molecule has 0 saturated heterocycles. The summed E-state index contributed by atoms with van der Waals surface area (Å²) in [6, 6.07) is 6.75. The summed E-state index contributed by atoms with van der Waals surface area (Å²) < 4.78 is 7.84. The second-order valence-corrected chi connectivity index (χ2v) is 6.37. The number of methoxy groups -OCH3 is 1. The van der Waals surface area contributed by atoms with Crippen molar-refractivity contribution in [3.8, 4) is 5.75 Å². The molecule has 2 aliphatic rings. The van der Waals surface area contributed by atoms with Gasteiger partial charge in [-0.05, 0) is 43.2 Å². The standard InChI is InChI=1S/C16H19ClN2O/c1-20-14-4-2-3-12-16(14)18-15(9-17)19(12)13-8-10-5-6-11(13)7-10/h2-4,10-11,13H,5-9H2,1H3. The van der Waals surface area contributed by atoms with E-state index in [2.05, 4.69) is 10.6 Å². The van der Waals surface area contributed by atoms with Gasteiger partial charge in [-0.2, -0.15) is 0 Å². The third-order valence-electron chi connectivity index (χ3n) is 5.13. The van der Waals surface area contributed by atoms with Crippen LogP contribution < -0.4 is 4.74 Å². The number of aromatic nitrogens is 2. The van der Waals surface area contributed by atoms with Crippen LogP contribution in [-0.4, -0.2) is 16.7 Å². The molecule has 0 N–H and O–H groups in total. The maximum Gasteiger partial charge on any atom is 0.146 e. The van der Waals surface area contributed by atoms with Gasteiger partial charge in [0.15, 0.2) is 0 Å². The van der Waals surface area contributed by atoms with Crippen LogP contribution in [0.4, 0.5) is 0 Å². The van der Waals surface area contributed by atoms with Crippen molar-refractivity contribution in [2.75, 3.05) is 7.11 Å². The van der Waals surface area contributed by atoms with Gasteiger partial charge in [-0.3, -0.25) is 0 Å². The van der Waals surface area contributed by atoms with E-state index in [1.807, 2.05) is 12.1 Å². The van der Waals surface area contributed by atoms with Crippen molar-refractivity contribution >= 4 is 22.6 Å². The molecule has 4 rings (SSSR count). The maximum atomic E-state index is 6.16. The van der Waals surface area contributed by atoms with Crippen molar-refractivity contribution < 1.29 is 4.74 Å². The lowest BCUT2D eigenvalue weighted by atomic mass is 9.95. The molecule has 3 atom stereocenters. The zero-order valence-corrected chi connectivity index (χ0v) is 12.4. The molecule has 0 aliphatic heterocycles. The number of rotatable bonds is 3. The van der Waals surface area contributed by atoms with E-state index in [1.54, 1.807) is 7.11 Å². The van der Waals surface area contributed by atoms with Crippen LogP contribution in [0.1, 0.15) is 37.5 Å². The van der Waals surface area contributed by atoms with E-state index in [9.17, 15) is 0 Å². The predicted octanol–water partition coefficient (Wildman–Crippen LogP) is 4.14. The number of benzene rings is 1. The van der Waals surface area contributed by atoms with Gasteiger partial charge in [0, 0.05) is 6.04 Å². The Morgan fingerprint density at radius 3 is 2.90 bits per heavy atom.